The van der Waals surface area contributed by atoms with Crippen molar-refractivity contribution in [2.75, 3.05) is 82.6 Å². The van der Waals surface area contributed by atoms with Gasteiger partial charge in [-0.05, 0) is 133 Å². The Hall–Kier alpha value is -8.41. The third-order valence-electron chi connectivity index (χ3n) is 22.0. The molecule has 1 heterocycles. The van der Waals surface area contributed by atoms with Crippen LogP contribution in [0.1, 0.15) is 159 Å². The van der Waals surface area contributed by atoms with E-state index in [1.165, 1.54) is 80.8 Å². The van der Waals surface area contributed by atoms with E-state index < -0.39 is 180 Å². The fraction of sp³-hybridized carbons (Fsp3) is 0.658. The molecule has 0 spiro atoms. The number of alkyl halides is 3. The molecule has 6 rings (SSSR count). The van der Waals surface area contributed by atoms with Crippen molar-refractivity contribution in [1.82, 2.24) is 60.5 Å². The minimum Gasteiger partial charge on any atom is -0.390 e. The van der Waals surface area contributed by atoms with E-state index in [0.29, 0.717) is 68.9 Å². The maximum atomic E-state index is 15.4. The predicted octanol–water partition coefficient (Wildman–Crippen LogP) is 5.10. The summed E-state index contributed by atoms with van der Waals surface area (Å²) in [7, 11) is 11.4. The van der Waals surface area contributed by atoms with Crippen LogP contribution >= 0.6 is 0 Å². The van der Waals surface area contributed by atoms with Crippen LogP contribution in [-0.2, 0) is 76.6 Å². The third kappa shape index (κ3) is 21.7. The maximum absolute atomic E-state index is 15.4. The molecule has 0 bridgehead atoms. The molecule has 4 fully saturated rings. The molecule has 0 aromatic heterocycles. The molecular weight excluding hydrogens is 1380 g/mol. The van der Waals surface area contributed by atoms with Crippen LogP contribution in [0, 0.1) is 36.3 Å². The van der Waals surface area contributed by atoms with Crippen LogP contribution in [0.4, 0.5) is 22.0 Å². The molecule has 1 saturated heterocycles. The van der Waals surface area contributed by atoms with Crippen molar-refractivity contribution in [3.05, 3.63) is 82.4 Å². The number of carbonyl (C=O) groups excluding carboxylic acids is 12. The number of benzene rings is 2. The van der Waals surface area contributed by atoms with Gasteiger partial charge in [-0.25, -0.2) is 8.78 Å². The van der Waals surface area contributed by atoms with E-state index in [0.717, 1.165) is 45.9 Å². The van der Waals surface area contributed by atoms with Gasteiger partial charge in [0, 0.05) is 68.8 Å². The standard InChI is InChI=1S/C76H111F5N12O13/c1-14-16-21-36-92(69(101)48(5)88(10)63(98)43-82-6)59(41-50-29-27-46(3)28-30-50)72(104)87(9)44-61(96)83-55(32-31-51-38-53(77)64(54(78)39-51)76(79,80)81)70(102)93-37-33-60(95)66(93)68(100)85-75(34-22-35-75)74(106)91(13)65(52-25-19-20-26-52)73(105)90(12)58(71(103)86(7)8)42-62(97)89(11)57(40-49-23-17-18-24-49)67(99)84-56(45-94)47(4)15-2/h14,16,27-30,38-39,45,47-49,52,55-60,65-66,82,95H,15,17-26,31-37,40-44H2,1-13H3,(H,83,96)(H,84,99)(H,85,100)/b16-14-/t47-,48-,55-,56+,57-,58-,59-,60-,65-,66-/m0/s1. The number of halogens is 5. The van der Waals surface area contributed by atoms with Crippen molar-refractivity contribution in [2.24, 2.45) is 17.8 Å². The Balaban J connectivity index is 1.29. The van der Waals surface area contributed by atoms with E-state index in [-0.39, 0.29) is 69.1 Å². The molecule has 5 N–H and O–H groups in total. The molecule has 2 aromatic carbocycles. The number of nitrogens with one attached hydrogen (secondary N) is 4. The second-order valence-electron chi connectivity index (χ2n) is 29.6. The lowest BCUT2D eigenvalue weighted by molar-refractivity contribution is -0.158. The molecule has 10 atom stereocenters. The molecule has 30 heteroatoms. The number of amides is 11. The van der Waals surface area contributed by atoms with Crippen LogP contribution in [0.5, 0.6) is 0 Å². The summed E-state index contributed by atoms with van der Waals surface area (Å²) in [6.07, 6.45) is 2.68. The molecule has 25 nitrogen and oxygen atoms in total. The number of aliphatic hydroxyl groups excluding tert-OH is 1. The first kappa shape index (κ1) is 86.5. The van der Waals surface area contributed by atoms with Crippen LogP contribution < -0.4 is 21.3 Å². The molecule has 2 aromatic rings. The zero-order valence-electron chi connectivity index (χ0n) is 63.7. The van der Waals surface area contributed by atoms with Crippen molar-refractivity contribution in [3.8, 4) is 0 Å². The van der Waals surface area contributed by atoms with Crippen LogP contribution in [-0.4, -0.2) is 258 Å². The predicted molar refractivity (Wildman–Crippen MR) is 385 cm³/mol. The van der Waals surface area contributed by atoms with Crippen molar-refractivity contribution >= 4 is 71.3 Å². The van der Waals surface area contributed by atoms with Crippen molar-refractivity contribution in [3.63, 3.8) is 0 Å². The Bertz CT molecular complexity index is 3450. The van der Waals surface area contributed by atoms with E-state index in [1.807, 2.05) is 32.9 Å². The molecule has 1 aliphatic heterocycles. The second-order valence-corrected chi connectivity index (χ2v) is 29.6. The molecule has 0 radical (unpaired) electrons. The Morgan fingerprint density at radius 3 is 1.90 bits per heavy atom. The Kier molecular flexibility index (Phi) is 31.8. The van der Waals surface area contributed by atoms with Crippen molar-refractivity contribution in [2.45, 2.75) is 223 Å². The number of likely N-dealkylation sites (N-methyl/N-ethyl adjacent to an activating group) is 7. The average Bonchev–Trinajstić information content (AvgIpc) is 0.978. The molecular formula is C76H111F5N12O13. The van der Waals surface area contributed by atoms with E-state index >= 15 is 32.8 Å². The zero-order valence-corrected chi connectivity index (χ0v) is 63.7. The number of hydrogen-bond donors (Lipinski definition) is 5. The minimum atomic E-state index is -5.42. The zero-order chi connectivity index (χ0) is 78.8. The van der Waals surface area contributed by atoms with Gasteiger partial charge < -0.3 is 70.4 Å². The van der Waals surface area contributed by atoms with Crippen LogP contribution in [0.15, 0.2) is 48.6 Å². The highest BCUT2D eigenvalue weighted by Crippen LogP contribution is 2.39. The number of aryl methyl sites for hydroxylation is 2. The number of aliphatic hydroxyl groups is 1. The Labute approximate surface area is 619 Å². The highest BCUT2D eigenvalue weighted by Gasteiger charge is 2.54. The number of carbonyl (C=O) groups is 12. The largest absolute Gasteiger partial charge is 0.422 e. The number of hydrogen-bond acceptors (Lipinski definition) is 14. The van der Waals surface area contributed by atoms with Gasteiger partial charge in [0.25, 0.3) is 0 Å². The lowest BCUT2D eigenvalue weighted by atomic mass is 9.74. The molecule has 11 amide bonds. The summed E-state index contributed by atoms with van der Waals surface area (Å²) in [5.74, 6) is -12.5. The van der Waals surface area contributed by atoms with Gasteiger partial charge in [-0.15, -0.1) is 0 Å². The van der Waals surface area contributed by atoms with Crippen molar-refractivity contribution < 1.29 is 84.6 Å². The number of rotatable bonds is 36. The lowest BCUT2D eigenvalue weighted by Crippen LogP contribution is -2.69. The van der Waals surface area contributed by atoms with E-state index in [1.54, 1.807) is 38.3 Å². The highest BCUT2D eigenvalue weighted by atomic mass is 19.4. The van der Waals surface area contributed by atoms with E-state index in [9.17, 15) is 51.8 Å². The normalized spacial score (nSPS) is 18.9. The Morgan fingerprint density at radius 1 is 0.736 bits per heavy atom. The quantitative estimate of drug-likeness (QED) is 0.0337. The summed E-state index contributed by atoms with van der Waals surface area (Å²) in [6, 6.07) is -2.45. The summed E-state index contributed by atoms with van der Waals surface area (Å²) >= 11 is 0. The van der Waals surface area contributed by atoms with Gasteiger partial charge in [0.2, 0.25) is 65.0 Å². The average molecular weight is 1500 g/mol. The van der Waals surface area contributed by atoms with Gasteiger partial charge >= 0.3 is 6.18 Å². The first-order valence-electron chi connectivity index (χ1n) is 37.0. The molecule has 3 saturated carbocycles. The molecule has 4 aliphatic rings. The third-order valence-corrected chi connectivity index (χ3v) is 22.0. The maximum Gasteiger partial charge on any atom is 0.422 e. The van der Waals surface area contributed by atoms with Gasteiger partial charge in [-0.2, -0.15) is 13.2 Å². The van der Waals surface area contributed by atoms with E-state index in [4.69, 9.17) is 0 Å². The highest BCUT2D eigenvalue weighted by molar-refractivity contribution is 6.01. The second kappa shape index (κ2) is 38.9. The van der Waals surface area contributed by atoms with E-state index in [2.05, 4.69) is 21.3 Å². The van der Waals surface area contributed by atoms with Gasteiger partial charge in [-0.3, -0.25) is 52.7 Å². The minimum absolute atomic E-state index is 0.00663. The molecule has 3 aliphatic carbocycles. The monoisotopic (exact) mass is 1490 g/mol. The van der Waals surface area contributed by atoms with Crippen LogP contribution in [0.3, 0.4) is 0 Å². The fourth-order valence-corrected chi connectivity index (χ4v) is 14.9. The number of aldehydes is 1. The first-order valence-corrected chi connectivity index (χ1v) is 37.0. The first-order chi connectivity index (χ1) is 50.0. The molecule has 588 valence electrons. The SMILES string of the molecule is C/C=C\CCN(C(=O)[C@H](C)N(C)C(=O)CNC)[C@@H](Cc1ccc(C)cc1)C(=O)N(C)CC(=O)N[C@@H](CCc1cc(F)c(C(F)(F)F)c(F)c1)C(=O)N1CC[C@H](O)[C@H]1C(=O)NC1(C(=O)N(C)[C@H](C(=O)N(C)[C@@H](CC(=O)N(C)[C@@H](CC2CCCC2)C(=O)N[C@H](C=O)[C@@H](C)CC)C(=O)N(C)C)C2CCCC2)CCC1. The number of likely N-dealkylation sites (tertiary alicyclic amines) is 1. The lowest BCUT2D eigenvalue weighted by Gasteiger charge is -2.47. The van der Waals surface area contributed by atoms with Gasteiger partial charge in [0.05, 0.1) is 31.7 Å². The topological polar surface area (TPSA) is 299 Å². The summed E-state index contributed by atoms with van der Waals surface area (Å²) in [6.45, 7) is 7.62. The summed E-state index contributed by atoms with van der Waals surface area (Å²) in [5.41, 5.74) is -2.74. The Morgan fingerprint density at radius 2 is 1.35 bits per heavy atom. The van der Waals surface area contributed by atoms with Crippen LogP contribution in [0.25, 0.3) is 0 Å². The van der Waals surface area contributed by atoms with Gasteiger partial charge in [0.1, 0.15) is 71.3 Å². The van der Waals surface area contributed by atoms with Gasteiger partial charge in [0.15, 0.2) is 0 Å². The molecule has 106 heavy (non-hydrogen) atoms. The number of nitrogens with zero attached hydrogens (tertiary/aromatic N) is 8. The van der Waals surface area contributed by atoms with Crippen molar-refractivity contribution in [1.29, 1.82) is 0 Å². The smallest absolute Gasteiger partial charge is 0.390 e. The summed E-state index contributed by atoms with van der Waals surface area (Å²) in [5, 5.41) is 22.7. The summed E-state index contributed by atoms with van der Waals surface area (Å²) in [4.78, 5) is 183. The number of allylic oxidation sites excluding steroid dienone is 1. The molecule has 0 unspecified atom stereocenters. The fourth-order valence-electron chi connectivity index (χ4n) is 14.9. The van der Waals surface area contributed by atoms with Gasteiger partial charge in [-0.1, -0.05) is 101 Å². The van der Waals surface area contributed by atoms with Crippen LogP contribution in [0.2, 0.25) is 0 Å². The summed E-state index contributed by atoms with van der Waals surface area (Å²) < 4.78 is 71.6.